The lowest BCUT2D eigenvalue weighted by atomic mass is 10.2. The first-order chi connectivity index (χ1) is 7.22. The number of benzene rings is 1. The maximum absolute atomic E-state index is 11.6. The summed E-state index contributed by atoms with van der Waals surface area (Å²) in [6.45, 7) is 4.09. The van der Waals surface area contributed by atoms with E-state index < -0.39 is 0 Å². The van der Waals surface area contributed by atoms with E-state index in [1.807, 2.05) is 0 Å². The predicted molar refractivity (Wildman–Crippen MR) is 60.1 cm³/mol. The summed E-state index contributed by atoms with van der Waals surface area (Å²) >= 11 is 0. The highest BCUT2D eigenvalue weighted by atomic mass is 16.3. The van der Waals surface area contributed by atoms with Gasteiger partial charge in [-0.25, -0.2) is 0 Å². The summed E-state index contributed by atoms with van der Waals surface area (Å²) in [5, 5.41) is 10.2. The SMILES string of the molecule is C=CCn1c(=O)ccc2cc(O)ccc21. The average molecular weight is 201 g/mol. The maximum Gasteiger partial charge on any atom is 0.251 e. The first-order valence-corrected chi connectivity index (χ1v) is 4.66. The van der Waals surface area contributed by atoms with Gasteiger partial charge in [-0.3, -0.25) is 4.79 Å². The van der Waals surface area contributed by atoms with E-state index in [0.29, 0.717) is 6.54 Å². The lowest BCUT2D eigenvalue weighted by molar-refractivity contribution is 0.476. The lowest BCUT2D eigenvalue weighted by Gasteiger charge is -2.07. The summed E-state index contributed by atoms with van der Waals surface area (Å²) in [7, 11) is 0. The Bertz CT molecular complexity index is 569. The Morgan fingerprint density at radius 3 is 2.87 bits per heavy atom. The van der Waals surface area contributed by atoms with Crippen LogP contribution >= 0.6 is 0 Å². The standard InChI is InChI=1S/C12H11NO2/c1-2-7-13-11-5-4-10(14)8-9(11)3-6-12(13)15/h2-6,8,14H,1,7H2. The number of nitrogens with zero attached hydrogens (tertiary/aromatic N) is 1. The predicted octanol–water partition coefficient (Wildman–Crippen LogP) is 1.89. The minimum atomic E-state index is -0.0620. The molecule has 2 rings (SSSR count). The zero-order valence-electron chi connectivity index (χ0n) is 8.18. The van der Waals surface area contributed by atoms with Gasteiger partial charge in [0.2, 0.25) is 0 Å². The van der Waals surface area contributed by atoms with Gasteiger partial charge in [0.25, 0.3) is 5.56 Å². The van der Waals surface area contributed by atoms with Crippen LogP contribution in [0.15, 0.2) is 47.8 Å². The van der Waals surface area contributed by atoms with Gasteiger partial charge >= 0.3 is 0 Å². The van der Waals surface area contributed by atoms with Crippen molar-refractivity contribution in [3.8, 4) is 5.75 Å². The molecule has 0 radical (unpaired) electrons. The van der Waals surface area contributed by atoms with Gasteiger partial charge in [-0.2, -0.15) is 0 Å². The number of fused-ring (bicyclic) bond motifs is 1. The number of pyridine rings is 1. The molecule has 0 atom stereocenters. The van der Waals surface area contributed by atoms with Crippen LogP contribution in [0.4, 0.5) is 0 Å². The first-order valence-electron chi connectivity index (χ1n) is 4.66. The highest BCUT2D eigenvalue weighted by Gasteiger charge is 2.01. The highest BCUT2D eigenvalue weighted by Crippen LogP contribution is 2.18. The average Bonchev–Trinajstić information content (AvgIpc) is 2.22. The Morgan fingerprint density at radius 1 is 1.33 bits per heavy atom. The second-order valence-electron chi connectivity index (χ2n) is 3.31. The third kappa shape index (κ3) is 1.64. The molecule has 0 aliphatic rings. The fraction of sp³-hybridized carbons (Fsp3) is 0.0833. The molecular formula is C12H11NO2. The molecule has 0 unspecified atom stereocenters. The molecule has 76 valence electrons. The van der Waals surface area contributed by atoms with E-state index in [4.69, 9.17) is 0 Å². The molecule has 0 saturated carbocycles. The van der Waals surface area contributed by atoms with Crippen LogP contribution in [0.2, 0.25) is 0 Å². The van der Waals surface area contributed by atoms with Crippen LogP contribution < -0.4 is 5.56 Å². The first kappa shape index (κ1) is 9.52. The minimum absolute atomic E-state index is 0.0620. The van der Waals surface area contributed by atoms with E-state index in [-0.39, 0.29) is 11.3 Å². The molecule has 1 aromatic carbocycles. The minimum Gasteiger partial charge on any atom is -0.508 e. The van der Waals surface area contributed by atoms with Gasteiger partial charge in [0.15, 0.2) is 0 Å². The van der Waals surface area contributed by atoms with Crippen molar-refractivity contribution < 1.29 is 5.11 Å². The Hall–Kier alpha value is -2.03. The fourth-order valence-corrected chi connectivity index (χ4v) is 1.61. The zero-order valence-corrected chi connectivity index (χ0v) is 8.18. The summed E-state index contributed by atoms with van der Waals surface area (Å²) in [6.07, 6.45) is 1.67. The molecule has 15 heavy (non-hydrogen) atoms. The zero-order chi connectivity index (χ0) is 10.8. The van der Waals surface area contributed by atoms with Crippen molar-refractivity contribution in [2.24, 2.45) is 0 Å². The number of phenols is 1. The van der Waals surface area contributed by atoms with E-state index in [0.717, 1.165) is 10.9 Å². The van der Waals surface area contributed by atoms with Gasteiger partial charge in [-0.05, 0) is 24.3 Å². The van der Waals surface area contributed by atoms with Crippen LogP contribution in [0, 0.1) is 0 Å². The molecule has 1 N–H and O–H groups in total. The number of aromatic hydroxyl groups is 1. The van der Waals surface area contributed by atoms with Crippen molar-refractivity contribution in [3.63, 3.8) is 0 Å². The summed E-state index contributed by atoms with van der Waals surface area (Å²) in [5.41, 5.74) is 0.744. The van der Waals surface area contributed by atoms with E-state index in [1.165, 1.54) is 6.07 Å². The third-order valence-corrected chi connectivity index (χ3v) is 2.29. The van der Waals surface area contributed by atoms with Crippen LogP contribution in [-0.4, -0.2) is 9.67 Å². The fourth-order valence-electron chi connectivity index (χ4n) is 1.61. The van der Waals surface area contributed by atoms with E-state index in [1.54, 1.807) is 34.9 Å². The van der Waals surface area contributed by atoms with Gasteiger partial charge in [-0.1, -0.05) is 6.08 Å². The second-order valence-corrected chi connectivity index (χ2v) is 3.31. The molecule has 0 bridgehead atoms. The number of hydrogen-bond donors (Lipinski definition) is 1. The molecule has 3 heteroatoms. The van der Waals surface area contributed by atoms with Crippen molar-refractivity contribution in [1.29, 1.82) is 0 Å². The van der Waals surface area contributed by atoms with E-state index >= 15 is 0 Å². The smallest absolute Gasteiger partial charge is 0.251 e. The Morgan fingerprint density at radius 2 is 2.13 bits per heavy atom. The molecule has 1 aromatic heterocycles. The number of rotatable bonds is 2. The quantitative estimate of drug-likeness (QED) is 0.754. The summed E-state index contributed by atoms with van der Waals surface area (Å²) in [6, 6.07) is 8.13. The van der Waals surface area contributed by atoms with Gasteiger partial charge in [-0.15, -0.1) is 6.58 Å². The summed E-state index contributed by atoms with van der Waals surface area (Å²) in [5.74, 6) is 0.200. The topological polar surface area (TPSA) is 42.2 Å². The Kier molecular flexibility index (Phi) is 2.29. The molecule has 0 saturated heterocycles. The van der Waals surface area contributed by atoms with Gasteiger partial charge in [0.1, 0.15) is 5.75 Å². The Labute approximate surface area is 86.9 Å². The molecule has 3 nitrogen and oxygen atoms in total. The van der Waals surface area contributed by atoms with Crippen LogP contribution in [0.5, 0.6) is 5.75 Å². The van der Waals surface area contributed by atoms with Crippen LogP contribution in [0.25, 0.3) is 10.9 Å². The number of allylic oxidation sites excluding steroid dienone is 1. The van der Waals surface area contributed by atoms with Crippen molar-refractivity contribution >= 4 is 10.9 Å². The lowest BCUT2D eigenvalue weighted by Crippen LogP contribution is -2.18. The van der Waals surface area contributed by atoms with Crippen LogP contribution in [0.3, 0.4) is 0 Å². The summed E-state index contributed by atoms with van der Waals surface area (Å²) in [4.78, 5) is 11.6. The van der Waals surface area contributed by atoms with Gasteiger partial charge in [0, 0.05) is 18.0 Å². The largest absolute Gasteiger partial charge is 0.508 e. The highest BCUT2D eigenvalue weighted by molar-refractivity contribution is 5.80. The normalized spacial score (nSPS) is 10.4. The van der Waals surface area contributed by atoms with Crippen molar-refractivity contribution in [2.75, 3.05) is 0 Å². The van der Waals surface area contributed by atoms with Crippen LogP contribution in [-0.2, 0) is 6.54 Å². The van der Waals surface area contributed by atoms with E-state index in [2.05, 4.69) is 6.58 Å². The molecule has 0 fully saturated rings. The van der Waals surface area contributed by atoms with Gasteiger partial charge in [0.05, 0.1) is 5.52 Å². The van der Waals surface area contributed by atoms with Crippen LogP contribution in [0.1, 0.15) is 0 Å². The second kappa shape index (κ2) is 3.61. The molecular weight excluding hydrogens is 190 g/mol. The van der Waals surface area contributed by atoms with Gasteiger partial charge < -0.3 is 9.67 Å². The molecule has 1 heterocycles. The molecule has 0 spiro atoms. The summed E-state index contributed by atoms with van der Waals surface area (Å²) < 4.78 is 1.61. The monoisotopic (exact) mass is 201 g/mol. The molecule has 0 aliphatic heterocycles. The van der Waals surface area contributed by atoms with Crippen molar-refractivity contribution in [2.45, 2.75) is 6.54 Å². The van der Waals surface area contributed by atoms with E-state index in [9.17, 15) is 9.90 Å². The third-order valence-electron chi connectivity index (χ3n) is 2.29. The molecule has 2 aromatic rings. The number of phenolic OH excluding ortho intramolecular Hbond substituents is 1. The maximum atomic E-state index is 11.6. The molecule has 0 aliphatic carbocycles. The Balaban J connectivity index is 2.81. The van der Waals surface area contributed by atoms with Crippen molar-refractivity contribution in [3.05, 3.63) is 53.3 Å². The van der Waals surface area contributed by atoms with Crippen molar-refractivity contribution in [1.82, 2.24) is 4.57 Å². The number of aromatic nitrogens is 1. The number of hydrogen-bond acceptors (Lipinski definition) is 2. The molecule has 0 amide bonds.